The van der Waals surface area contributed by atoms with Gasteiger partial charge < -0.3 is 10.4 Å². The van der Waals surface area contributed by atoms with Gasteiger partial charge in [-0.3, -0.25) is 4.79 Å². The van der Waals surface area contributed by atoms with Crippen molar-refractivity contribution < 1.29 is 9.90 Å². The maximum Gasteiger partial charge on any atom is 0.211 e. The molecule has 0 aliphatic carbocycles. The zero-order valence-corrected chi connectivity index (χ0v) is 9.02. The molecule has 0 bridgehead atoms. The average molecular weight is 295 g/mol. The first-order chi connectivity index (χ1) is 5.65. The highest BCUT2D eigenvalue weighted by molar-refractivity contribution is 9.11. The van der Waals surface area contributed by atoms with Crippen molar-refractivity contribution in [1.29, 1.82) is 0 Å². The van der Waals surface area contributed by atoms with Gasteiger partial charge in [0.1, 0.15) is 5.75 Å². The predicted molar refractivity (Wildman–Crippen MR) is 53.2 cm³/mol. The third kappa shape index (κ3) is 1.98. The van der Waals surface area contributed by atoms with Crippen LogP contribution in [0.4, 0.5) is 5.69 Å². The predicted octanol–water partition coefficient (Wildman–Crippen LogP) is 2.49. The van der Waals surface area contributed by atoms with E-state index in [1.807, 2.05) is 0 Å². The van der Waals surface area contributed by atoms with Gasteiger partial charge in [-0.2, -0.15) is 0 Å². The monoisotopic (exact) mass is 293 g/mol. The molecule has 0 radical (unpaired) electrons. The molecule has 1 aromatic carbocycles. The van der Waals surface area contributed by atoms with Crippen molar-refractivity contribution in [3.8, 4) is 5.75 Å². The Kier molecular flexibility index (Phi) is 3.11. The second kappa shape index (κ2) is 3.91. The van der Waals surface area contributed by atoms with Gasteiger partial charge in [0.25, 0.3) is 0 Å². The molecule has 0 aliphatic heterocycles. The fourth-order valence-electron chi connectivity index (χ4n) is 0.717. The minimum atomic E-state index is 0.117. The lowest BCUT2D eigenvalue weighted by Gasteiger charge is -2.03. The molecule has 0 atom stereocenters. The van der Waals surface area contributed by atoms with Gasteiger partial charge in [0, 0.05) is 5.69 Å². The van der Waals surface area contributed by atoms with Crippen LogP contribution in [0.15, 0.2) is 21.1 Å². The molecule has 3 nitrogen and oxygen atoms in total. The third-order valence-corrected chi connectivity index (χ3v) is 2.45. The Balaban J connectivity index is 3.11. The molecule has 0 saturated heterocycles. The normalized spacial score (nSPS) is 9.50. The molecule has 0 aromatic heterocycles. The van der Waals surface area contributed by atoms with Crippen molar-refractivity contribution in [3.63, 3.8) is 0 Å². The van der Waals surface area contributed by atoms with Crippen molar-refractivity contribution in [2.45, 2.75) is 0 Å². The summed E-state index contributed by atoms with van der Waals surface area (Å²) >= 11 is 6.26. The number of phenolic OH excluding ortho intramolecular Hbond substituents is 1. The highest BCUT2D eigenvalue weighted by Crippen LogP contribution is 2.34. The number of hydrogen-bond acceptors (Lipinski definition) is 2. The van der Waals surface area contributed by atoms with Crippen molar-refractivity contribution in [2.75, 3.05) is 5.32 Å². The summed E-state index contributed by atoms with van der Waals surface area (Å²) in [5, 5.41) is 11.8. The van der Waals surface area contributed by atoms with Gasteiger partial charge in [-0.1, -0.05) is 0 Å². The molecule has 0 aliphatic rings. The number of phenols is 1. The van der Waals surface area contributed by atoms with Crippen molar-refractivity contribution in [2.24, 2.45) is 0 Å². The molecule has 1 amide bonds. The van der Waals surface area contributed by atoms with Crippen LogP contribution in [0.3, 0.4) is 0 Å². The van der Waals surface area contributed by atoms with Gasteiger partial charge in [0.05, 0.1) is 8.95 Å². The first-order valence-corrected chi connectivity index (χ1v) is 4.62. The Morgan fingerprint density at radius 2 is 1.83 bits per heavy atom. The molecule has 1 aromatic rings. The average Bonchev–Trinajstić information content (AvgIpc) is 2.01. The molecular formula is C7H5Br2NO2. The number of halogens is 2. The molecule has 0 heterocycles. The summed E-state index contributed by atoms with van der Waals surface area (Å²) in [6.45, 7) is 0. The quantitative estimate of drug-likeness (QED) is 0.650. The molecule has 64 valence electrons. The molecular weight excluding hydrogens is 290 g/mol. The van der Waals surface area contributed by atoms with E-state index in [0.717, 1.165) is 0 Å². The lowest BCUT2D eigenvalue weighted by Crippen LogP contribution is -1.93. The van der Waals surface area contributed by atoms with E-state index in [2.05, 4.69) is 37.2 Å². The SMILES string of the molecule is O=CNc1cc(Br)c(O)c(Br)c1. The van der Waals surface area contributed by atoms with Crippen LogP contribution in [0.2, 0.25) is 0 Å². The summed E-state index contributed by atoms with van der Waals surface area (Å²) in [4.78, 5) is 10.1. The molecule has 1 rings (SSSR count). The van der Waals surface area contributed by atoms with Crippen LogP contribution in [-0.4, -0.2) is 11.5 Å². The minimum Gasteiger partial charge on any atom is -0.506 e. The molecule has 0 fully saturated rings. The van der Waals surface area contributed by atoms with E-state index in [0.29, 0.717) is 21.0 Å². The zero-order valence-electron chi connectivity index (χ0n) is 5.84. The van der Waals surface area contributed by atoms with Gasteiger partial charge in [-0.05, 0) is 44.0 Å². The van der Waals surface area contributed by atoms with Gasteiger partial charge in [0.15, 0.2) is 0 Å². The van der Waals surface area contributed by atoms with E-state index in [9.17, 15) is 9.90 Å². The Morgan fingerprint density at radius 3 is 2.25 bits per heavy atom. The van der Waals surface area contributed by atoms with Gasteiger partial charge >= 0.3 is 0 Å². The molecule has 0 unspecified atom stereocenters. The number of anilines is 1. The van der Waals surface area contributed by atoms with Crippen LogP contribution in [0.1, 0.15) is 0 Å². The van der Waals surface area contributed by atoms with Crippen LogP contribution in [0.5, 0.6) is 5.75 Å². The first-order valence-electron chi connectivity index (χ1n) is 3.03. The molecule has 5 heteroatoms. The fourth-order valence-corrected chi connectivity index (χ4v) is 1.90. The summed E-state index contributed by atoms with van der Waals surface area (Å²) in [6.07, 6.45) is 0.575. The fraction of sp³-hybridized carbons (Fsp3) is 0. The summed E-state index contributed by atoms with van der Waals surface area (Å²) in [5.41, 5.74) is 0.613. The topological polar surface area (TPSA) is 49.3 Å². The third-order valence-electron chi connectivity index (χ3n) is 1.24. The van der Waals surface area contributed by atoms with E-state index >= 15 is 0 Å². The Hall–Kier alpha value is -0.550. The largest absolute Gasteiger partial charge is 0.506 e. The summed E-state index contributed by atoms with van der Waals surface area (Å²) < 4.78 is 1.06. The van der Waals surface area contributed by atoms with Crippen LogP contribution < -0.4 is 5.32 Å². The van der Waals surface area contributed by atoms with Gasteiger partial charge in [0.2, 0.25) is 6.41 Å². The summed E-state index contributed by atoms with van der Waals surface area (Å²) in [7, 11) is 0. The van der Waals surface area contributed by atoms with Crippen molar-refractivity contribution in [1.82, 2.24) is 0 Å². The van der Waals surface area contributed by atoms with E-state index in [4.69, 9.17) is 0 Å². The molecule has 0 saturated carbocycles. The standard InChI is InChI=1S/C7H5Br2NO2/c8-5-1-4(10-3-11)2-6(9)7(5)12/h1-3,12H,(H,10,11). The van der Waals surface area contributed by atoms with Crippen molar-refractivity contribution in [3.05, 3.63) is 21.1 Å². The van der Waals surface area contributed by atoms with E-state index < -0.39 is 0 Å². The van der Waals surface area contributed by atoms with Crippen LogP contribution in [-0.2, 0) is 4.79 Å². The van der Waals surface area contributed by atoms with Crippen LogP contribution in [0.25, 0.3) is 0 Å². The highest BCUT2D eigenvalue weighted by atomic mass is 79.9. The number of amides is 1. The number of rotatable bonds is 2. The maximum absolute atomic E-state index is 10.1. The maximum atomic E-state index is 10.1. The minimum absolute atomic E-state index is 0.117. The number of carbonyl (C=O) groups is 1. The number of nitrogens with one attached hydrogen (secondary N) is 1. The number of hydrogen-bond donors (Lipinski definition) is 2. The smallest absolute Gasteiger partial charge is 0.211 e. The molecule has 2 N–H and O–H groups in total. The van der Waals surface area contributed by atoms with Crippen molar-refractivity contribution >= 4 is 44.0 Å². The van der Waals surface area contributed by atoms with E-state index in [1.54, 1.807) is 12.1 Å². The van der Waals surface area contributed by atoms with Crippen LogP contribution in [0, 0.1) is 0 Å². The number of carbonyl (C=O) groups excluding carboxylic acids is 1. The van der Waals surface area contributed by atoms with E-state index in [-0.39, 0.29) is 5.75 Å². The van der Waals surface area contributed by atoms with Crippen LogP contribution >= 0.6 is 31.9 Å². The Labute approximate surface area is 86.0 Å². The highest BCUT2D eigenvalue weighted by Gasteiger charge is 2.04. The first kappa shape index (κ1) is 9.54. The number of benzene rings is 1. The molecule has 0 spiro atoms. The number of aromatic hydroxyl groups is 1. The Bertz CT molecular complexity index is 291. The summed E-state index contributed by atoms with van der Waals surface area (Å²) in [5.74, 6) is 0.117. The second-order valence-electron chi connectivity index (χ2n) is 2.05. The van der Waals surface area contributed by atoms with E-state index in [1.165, 1.54) is 0 Å². The van der Waals surface area contributed by atoms with Gasteiger partial charge in [-0.15, -0.1) is 0 Å². The lowest BCUT2D eigenvalue weighted by molar-refractivity contribution is -0.105. The Morgan fingerprint density at radius 1 is 1.33 bits per heavy atom. The molecule has 12 heavy (non-hydrogen) atoms. The zero-order chi connectivity index (χ0) is 9.14. The van der Waals surface area contributed by atoms with Gasteiger partial charge in [-0.25, -0.2) is 0 Å². The second-order valence-corrected chi connectivity index (χ2v) is 3.76. The lowest BCUT2D eigenvalue weighted by atomic mass is 10.3. The summed E-state index contributed by atoms with van der Waals surface area (Å²) in [6, 6.07) is 3.21.